The zero-order valence-corrected chi connectivity index (χ0v) is 7.97. The van der Waals surface area contributed by atoms with Crippen LogP contribution in [0.5, 0.6) is 0 Å². The van der Waals surface area contributed by atoms with Gasteiger partial charge in [0.1, 0.15) is 5.82 Å². The molecule has 2 rings (SSSR count). The van der Waals surface area contributed by atoms with E-state index in [4.69, 9.17) is 5.73 Å². The number of aromatic amines is 1. The summed E-state index contributed by atoms with van der Waals surface area (Å²) in [5, 5.41) is 0.547. The summed E-state index contributed by atoms with van der Waals surface area (Å²) >= 11 is 0. The van der Waals surface area contributed by atoms with Crippen molar-refractivity contribution in [1.29, 1.82) is 0 Å². The highest BCUT2D eigenvalue weighted by Gasteiger charge is 2.01. The molecular weight excluding hydrogens is 192 g/mol. The molecule has 0 amide bonds. The third kappa shape index (κ3) is 1.85. The van der Waals surface area contributed by atoms with Gasteiger partial charge in [-0.1, -0.05) is 6.08 Å². The molecule has 2 aromatic heterocycles. The van der Waals surface area contributed by atoms with Gasteiger partial charge in [0, 0.05) is 12.6 Å². The van der Waals surface area contributed by atoms with Crippen LogP contribution >= 0.6 is 0 Å². The fraction of sp³-hybridized carbons (Fsp3) is 0.100. The van der Waals surface area contributed by atoms with Gasteiger partial charge in [0.25, 0.3) is 5.56 Å². The van der Waals surface area contributed by atoms with E-state index in [1.165, 1.54) is 6.20 Å². The van der Waals surface area contributed by atoms with Crippen LogP contribution < -0.4 is 11.3 Å². The zero-order valence-electron chi connectivity index (χ0n) is 7.97. The van der Waals surface area contributed by atoms with Gasteiger partial charge in [-0.25, -0.2) is 4.98 Å². The van der Waals surface area contributed by atoms with Gasteiger partial charge in [-0.3, -0.25) is 9.78 Å². The molecule has 76 valence electrons. The van der Waals surface area contributed by atoms with Crippen molar-refractivity contribution in [2.45, 2.75) is 6.42 Å². The summed E-state index contributed by atoms with van der Waals surface area (Å²) < 4.78 is 0. The normalized spacial score (nSPS) is 11.2. The molecule has 0 saturated heterocycles. The molecule has 0 fully saturated rings. The Bertz CT molecular complexity index is 559. The van der Waals surface area contributed by atoms with Gasteiger partial charge in [-0.2, -0.15) is 0 Å². The minimum absolute atomic E-state index is 0.150. The molecule has 5 heteroatoms. The number of rotatable bonds is 2. The van der Waals surface area contributed by atoms with Crippen LogP contribution in [-0.2, 0) is 6.42 Å². The second-order valence-corrected chi connectivity index (χ2v) is 3.04. The van der Waals surface area contributed by atoms with E-state index in [0.717, 1.165) is 0 Å². The summed E-state index contributed by atoms with van der Waals surface area (Å²) in [5.41, 5.74) is 5.66. The maximum atomic E-state index is 11.6. The summed E-state index contributed by atoms with van der Waals surface area (Å²) in [6.45, 7) is 0. The molecule has 3 N–H and O–H groups in total. The summed E-state index contributed by atoms with van der Waals surface area (Å²) in [7, 11) is 0. The number of pyridine rings is 1. The van der Waals surface area contributed by atoms with Gasteiger partial charge in [0.2, 0.25) is 0 Å². The van der Waals surface area contributed by atoms with E-state index in [1.54, 1.807) is 24.5 Å². The molecule has 15 heavy (non-hydrogen) atoms. The first kappa shape index (κ1) is 9.39. The number of nitrogens with one attached hydrogen (secondary N) is 1. The lowest BCUT2D eigenvalue weighted by molar-refractivity contribution is 0.989. The van der Waals surface area contributed by atoms with Crippen molar-refractivity contribution >= 4 is 10.9 Å². The Morgan fingerprint density at radius 1 is 1.53 bits per heavy atom. The lowest BCUT2D eigenvalue weighted by atomic mass is 10.3. The number of hydrogen-bond donors (Lipinski definition) is 2. The smallest absolute Gasteiger partial charge is 0.258 e. The van der Waals surface area contributed by atoms with Crippen LogP contribution in [0.15, 0.2) is 35.5 Å². The Balaban J connectivity index is 2.57. The van der Waals surface area contributed by atoms with Crippen molar-refractivity contribution in [3.8, 4) is 0 Å². The largest absolute Gasteiger partial charge is 0.405 e. The molecule has 0 aliphatic rings. The highest BCUT2D eigenvalue weighted by molar-refractivity contribution is 5.75. The van der Waals surface area contributed by atoms with Crippen molar-refractivity contribution in [2.75, 3.05) is 0 Å². The van der Waals surface area contributed by atoms with Crippen LogP contribution in [0, 0.1) is 0 Å². The monoisotopic (exact) mass is 202 g/mol. The van der Waals surface area contributed by atoms with E-state index in [0.29, 0.717) is 23.1 Å². The molecule has 0 saturated carbocycles. The van der Waals surface area contributed by atoms with Crippen molar-refractivity contribution in [3.05, 3.63) is 46.9 Å². The van der Waals surface area contributed by atoms with Crippen molar-refractivity contribution in [1.82, 2.24) is 15.0 Å². The van der Waals surface area contributed by atoms with E-state index in [1.807, 2.05) is 0 Å². The Hall–Kier alpha value is -2.17. The summed E-state index contributed by atoms with van der Waals surface area (Å²) in [5.74, 6) is 0.585. The number of nitrogens with two attached hydrogens (primary N) is 1. The van der Waals surface area contributed by atoms with Gasteiger partial charge in [0.15, 0.2) is 0 Å². The lowest BCUT2D eigenvalue weighted by Gasteiger charge is -1.98. The Kier molecular flexibility index (Phi) is 2.45. The molecule has 2 aromatic rings. The third-order valence-corrected chi connectivity index (χ3v) is 2.01. The van der Waals surface area contributed by atoms with Crippen LogP contribution in [0.4, 0.5) is 0 Å². The average Bonchev–Trinajstić information content (AvgIpc) is 2.26. The average molecular weight is 202 g/mol. The zero-order chi connectivity index (χ0) is 10.7. The van der Waals surface area contributed by atoms with Crippen molar-refractivity contribution < 1.29 is 0 Å². The highest BCUT2D eigenvalue weighted by atomic mass is 16.1. The van der Waals surface area contributed by atoms with E-state index in [2.05, 4.69) is 15.0 Å². The number of allylic oxidation sites excluding steroid dienone is 1. The first-order valence-corrected chi connectivity index (χ1v) is 4.51. The van der Waals surface area contributed by atoms with E-state index in [-0.39, 0.29) is 5.56 Å². The molecule has 0 bridgehead atoms. The first-order valence-electron chi connectivity index (χ1n) is 4.51. The van der Waals surface area contributed by atoms with Gasteiger partial charge >= 0.3 is 0 Å². The molecule has 0 radical (unpaired) electrons. The van der Waals surface area contributed by atoms with Crippen molar-refractivity contribution in [2.24, 2.45) is 5.73 Å². The van der Waals surface area contributed by atoms with Crippen LogP contribution in [0.3, 0.4) is 0 Å². The van der Waals surface area contributed by atoms with E-state index in [9.17, 15) is 4.79 Å². The second kappa shape index (κ2) is 3.91. The van der Waals surface area contributed by atoms with Gasteiger partial charge in [-0.05, 0) is 12.3 Å². The van der Waals surface area contributed by atoms with Crippen LogP contribution in [-0.4, -0.2) is 15.0 Å². The quantitative estimate of drug-likeness (QED) is 0.735. The fourth-order valence-electron chi connectivity index (χ4n) is 1.32. The van der Waals surface area contributed by atoms with Crippen molar-refractivity contribution in [3.63, 3.8) is 0 Å². The molecule has 0 spiro atoms. The van der Waals surface area contributed by atoms with E-state index >= 15 is 0 Å². The Morgan fingerprint density at radius 2 is 2.40 bits per heavy atom. The van der Waals surface area contributed by atoms with Crippen LogP contribution in [0.2, 0.25) is 0 Å². The second-order valence-electron chi connectivity index (χ2n) is 3.04. The summed E-state index contributed by atoms with van der Waals surface area (Å²) in [6.07, 6.45) is 6.80. The summed E-state index contributed by atoms with van der Waals surface area (Å²) in [4.78, 5) is 22.4. The van der Waals surface area contributed by atoms with Gasteiger partial charge < -0.3 is 10.7 Å². The van der Waals surface area contributed by atoms with E-state index < -0.39 is 0 Å². The molecule has 5 nitrogen and oxygen atoms in total. The molecule has 2 heterocycles. The molecule has 0 unspecified atom stereocenters. The topological polar surface area (TPSA) is 84.7 Å². The van der Waals surface area contributed by atoms with Crippen LogP contribution in [0.1, 0.15) is 5.82 Å². The third-order valence-electron chi connectivity index (χ3n) is 2.01. The van der Waals surface area contributed by atoms with Gasteiger partial charge in [0.05, 0.1) is 17.1 Å². The number of fused-ring (bicyclic) bond motifs is 1. The fourth-order valence-corrected chi connectivity index (χ4v) is 1.32. The number of hydrogen-bond acceptors (Lipinski definition) is 4. The molecule has 0 aliphatic heterocycles. The SMILES string of the molecule is NC=CCc1nc2cnccc2c(=O)[nH]1. The molecule has 0 atom stereocenters. The minimum atomic E-state index is -0.150. The predicted octanol–water partition coefficient (Wildman–Crippen LogP) is 0.333. The number of aromatic nitrogens is 3. The van der Waals surface area contributed by atoms with Gasteiger partial charge in [-0.15, -0.1) is 0 Å². The minimum Gasteiger partial charge on any atom is -0.405 e. The number of nitrogens with zero attached hydrogens (tertiary/aromatic N) is 2. The first-order chi connectivity index (χ1) is 7.31. The Labute approximate surface area is 85.7 Å². The summed E-state index contributed by atoms with van der Waals surface area (Å²) in [6, 6.07) is 1.64. The Morgan fingerprint density at radius 3 is 3.20 bits per heavy atom. The van der Waals surface area contributed by atoms with Crippen LogP contribution in [0.25, 0.3) is 10.9 Å². The maximum absolute atomic E-state index is 11.6. The molecule has 0 aromatic carbocycles. The molecular formula is C10H10N4O. The maximum Gasteiger partial charge on any atom is 0.258 e. The molecule has 0 aliphatic carbocycles. The highest BCUT2D eigenvalue weighted by Crippen LogP contribution is 2.03. The number of H-pyrrole nitrogens is 1. The predicted molar refractivity (Wildman–Crippen MR) is 57.2 cm³/mol. The lowest BCUT2D eigenvalue weighted by Crippen LogP contribution is -2.11. The standard InChI is InChI=1S/C10H10N4O/c11-4-1-2-9-13-8-6-12-5-3-7(8)10(15)14-9/h1,3-6H,2,11H2,(H,13,14,15).